The van der Waals surface area contributed by atoms with Crippen LogP contribution in [0.4, 0.5) is 16.3 Å². The number of morpholine rings is 1. The average molecular weight is 554 g/mol. The highest BCUT2D eigenvalue weighted by atomic mass is 32.2. The lowest BCUT2D eigenvalue weighted by atomic mass is 9.91. The van der Waals surface area contributed by atoms with Crippen molar-refractivity contribution in [3.05, 3.63) is 48.5 Å². The van der Waals surface area contributed by atoms with E-state index in [2.05, 4.69) is 29.9 Å². The summed E-state index contributed by atoms with van der Waals surface area (Å²) in [5.41, 5.74) is 2.55. The molecule has 2 aliphatic rings. The van der Waals surface area contributed by atoms with E-state index in [0.29, 0.717) is 45.1 Å². The van der Waals surface area contributed by atoms with Gasteiger partial charge < -0.3 is 24.6 Å². The van der Waals surface area contributed by atoms with Gasteiger partial charge in [-0.15, -0.1) is 0 Å². The lowest BCUT2D eigenvalue weighted by Crippen LogP contribution is -2.40. The number of aromatic nitrogens is 3. The van der Waals surface area contributed by atoms with E-state index in [1.165, 1.54) is 0 Å². The Balaban J connectivity index is 1.13. The molecule has 208 valence electrons. The topological polar surface area (TPSA) is 122 Å². The molecule has 0 radical (unpaired) electrons. The normalized spacial score (nSPS) is 17.3. The number of anilines is 2. The van der Waals surface area contributed by atoms with E-state index in [0.717, 1.165) is 60.5 Å². The molecule has 2 amide bonds. The summed E-state index contributed by atoms with van der Waals surface area (Å²) in [6, 6.07) is 9.64. The average Bonchev–Trinajstić information content (AvgIpc) is 2.97. The summed E-state index contributed by atoms with van der Waals surface area (Å²) in [7, 11) is -1.01. The molecule has 0 aliphatic carbocycles. The lowest BCUT2D eigenvalue weighted by molar-refractivity contribution is 0.122. The molecule has 0 spiro atoms. The monoisotopic (exact) mass is 553 g/mol. The van der Waals surface area contributed by atoms with Crippen LogP contribution in [0.1, 0.15) is 30.9 Å². The first-order valence-corrected chi connectivity index (χ1v) is 14.9. The quantitative estimate of drug-likeness (QED) is 0.388. The van der Waals surface area contributed by atoms with Crippen molar-refractivity contribution in [3.8, 4) is 5.75 Å². The van der Waals surface area contributed by atoms with E-state index in [1.54, 1.807) is 18.8 Å². The molecule has 1 aromatic carbocycles. The first-order valence-electron chi connectivity index (χ1n) is 13.4. The minimum atomic E-state index is -1.01. The van der Waals surface area contributed by atoms with Crippen molar-refractivity contribution in [3.63, 3.8) is 0 Å². The number of benzene rings is 1. The maximum absolute atomic E-state index is 12.9. The van der Waals surface area contributed by atoms with Crippen LogP contribution in [-0.4, -0.2) is 88.9 Å². The first-order chi connectivity index (χ1) is 19.1. The van der Waals surface area contributed by atoms with Crippen molar-refractivity contribution >= 4 is 39.4 Å². The number of rotatable bonds is 9. The van der Waals surface area contributed by atoms with Gasteiger partial charge in [0.1, 0.15) is 17.9 Å². The summed E-state index contributed by atoms with van der Waals surface area (Å²) < 4.78 is 25.2. The fourth-order valence-electron chi connectivity index (χ4n) is 4.95. The molecular formula is C27H35N7O4S. The van der Waals surface area contributed by atoms with Crippen molar-refractivity contribution in [1.82, 2.24) is 24.6 Å². The van der Waals surface area contributed by atoms with Crippen LogP contribution in [0, 0.1) is 0 Å². The van der Waals surface area contributed by atoms with Crippen molar-refractivity contribution < 1.29 is 18.5 Å². The van der Waals surface area contributed by atoms with Gasteiger partial charge in [0.2, 0.25) is 0 Å². The highest BCUT2D eigenvalue weighted by Gasteiger charge is 2.26. The van der Waals surface area contributed by atoms with Crippen LogP contribution in [0.25, 0.3) is 10.9 Å². The van der Waals surface area contributed by atoms with E-state index >= 15 is 0 Å². The third kappa shape index (κ3) is 7.20. The number of pyridine rings is 1. The molecule has 0 bridgehead atoms. The molecule has 2 fully saturated rings. The molecule has 4 heterocycles. The molecule has 2 N–H and O–H groups in total. The van der Waals surface area contributed by atoms with Gasteiger partial charge in [-0.25, -0.2) is 28.7 Å². The SMILES string of the molecule is CS(=O)NCCCOc1ccc2c(C3CCN(C(=O)Nc4ccc(N5CCOCC5)nc4)CC3)ncnc2c1. The molecule has 39 heavy (non-hydrogen) atoms. The molecule has 2 saturated heterocycles. The largest absolute Gasteiger partial charge is 0.493 e. The van der Waals surface area contributed by atoms with Crippen LogP contribution < -0.4 is 19.7 Å². The zero-order valence-electron chi connectivity index (χ0n) is 22.2. The number of ether oxygens (including phenoxy) is 2. The van der Waals surface area contributed by atoms with Gasteiger partial charge in [-0.1, -0.05) is 0 Å². The van der Waals surface area contributed by atoms with E-state index in [9.17, 15) is 9.00 Å². The summed E-state index contributed by atoms with van der Waals surface area (Å²) >= 11 is 0. The smallest absolute Gasteiger partial charge is 0.321 e. The van der Waals surface area contributed by atoms with E-state index in [-0.39, 0.29) is 11.9 Å². The van der Waals surface area contributed by atoms with Crippen LogP contribution >= 0.6 is 0 Å². The Morgan fingerprint density at radius 3 is 2.67 bits per heavy atom. The van der Waals surface area contributed by atoms with Gasteiger partial charge >= 0.3 is 6.03 Å². The number of likely N-dealkylation sites (tertiary alicyclic amines) is 1. The molecule has 1 unspecified atom stereocenters. The zero-order chi connectivity index (χ0) is 27.0. The van der Waals surface area contributed by atoms with Crippen LogP contribution in [0.3, 0.4) is 0 Å². The highest BCUT2D eigenvalue weighted by Crippen LogP contribution is 2.32. The number of piperidine rings is 1. The minimum Gasteiger partial charge on any atom is -0.493 e. The number of amides is 2. The van der Waals surface area contributed by atoms with Crippen molar-refractivity contribution in [2.24, 2.45) is 0 Å². The summed E-state index contributed by atoms with van der Waals surface area (Å²) in [6.07, 6.45) is 7.36. The lowest BCUT2D eigenvalue weighted by Gasteiger charge is -2.32. The number of carbonyl (C=O) groups excluding carboxylic acids is 1. The summed E-state index contributed by atoms with van der Waals surface area (Å²) in [5, 5.41) is 4.00. The molecule has 2 aromatic heterocycles. The van der Waals surface area contributed by atoms with Gasteiger partial charge in [0.05, 0.1) is 53.9 Å². The maximum Gasteiger partial charge on any atom is 0.321 e. The van der Waals surface area contributed by atoms with Gasteiger partial charge in [-0.05, 0) is 43.5 Å². The fourth-order valence-corrected chi connectivity index (χ4v) is 5.38. The number of urea groups is 1. The summed E-state index contributed by atoms with van der Waals surface area (Å²) in [4.78, 5) is 30.5. The highest BCUT2D eigenvalue weighted by molar-refractivity contribution is 7.82. The molecule has 1 atom stereocenters. The number of hydrogen-bond donors (Lipinski definition) is 2. The number of hydrogen-bond acceptors (Lipinski definition) is 8. The number of nitrogens with zero attached hydrogens (tertiary/aromatic N) is 5. The molecule has 3 aromatic rings. The Morgan fingerprint density at radius 1 is 1.10 bits per heavy atom. The van der Waals surface area contributed by atoms with Gasteiger partial charge in [0.15, 0.2) is 0 Å². The Labute approximate surface area is 230 Å². The molecule has 0 saturated carbocycles. The van der Waals surface area contributed by atoms with Gasteiger partial charge in [0, 0.05) is 56.4 Å². The van der Waals surface area contributed by atoms with Crippen LogP contribution in [0.5, 0.6) is 5.75 Å². The standard InChI is InChI=1S/C27H35N7O4S/c1-39(36)31-9-2-14-38-22-4-5-23-24(17-22)29-19-30-26(23)20-7-10-34(11-8-20)27(35)32-21-3-6-25(28-18-21)33-12-15-37-16-13-33/h3-6,17-20,31H,2,7-16H2,1H3,(H,32,35). The predicted molar refractivity (Wildman–Crippen MR) is 152 cm³/mol. The second-order valence-corrected chi connectivity index (χ2v) is 10.9. The van der Waals surface area contributed by atoms with Crippen LogP contribution in [0.2, 0.25) is 0 Å². The zero-order valence-corrected chi connectivity index (χ0v) is 23.0. The van der Waals surface area contributed by atoms with Crippen molar-refractivity contribution in [1.29, 1.82) is 0 Å². The van der Waals surface area contributed by atoms with Gasteiger partial charge in [-0.3, -0.25) is 0 Å². The molecule has 2 aliphatic heterocycles. The van der Waals surface area contributed by atoms with Crippen LogP contribution in [-0.2, 0) is 15.7 Å². The third-order valence-corrected chi connectivity index (χ3v) is 7.65. The minimum absolute atomic E-state index is 0.107. The van der Waals surface area contributed by atoms with Gasteiger partial charge in [0.25, 0.3) is 0 Å². The third-order valence-electron chi connectivity index (χ3n) is 7.04. The number of nitrogens with one attached hydrogen (secondary N) is 2. The summed E-state index contributed by atoms with van der Waals surface area (Å²) in [6.45, 7) is 5.54. The Hall–Kier alpha value is -3.35. The second-order valence-electron chi connectivity index (χ2n) is 9.68. The second kappa shape index (κ2) is 13.1. The van der Waals surface area contributed by atoms with E-state index < -0.39 is 11.0 Å². The Kier molecular flexibility index (Phi) is 9.17. The van der Waals surface area contributed by atoms with E-state index in [1.807, 2.05) is 35.2 Å². The van der Waals surface area contributed by atoms with Crippen molar-refractivity contribution in [2.45, 2.75) is 25.2 Å². The number of fused-ring (bicyclic) bond motifs is 1. The van der Waals surface area contributed by atoms with Gasteiger partial charge in [-0.2, -0.15) is 0 Å². The maximum atomic E-state index is 12.9. The van der Waals surface area contributed by atoms with E-state index in [4.69, 9.17) is 9.47 Å². The molecule has 12 heteroatoms. The molecule has 5 rings (SSSR count). The van der Waals surface area contributed by atoms with Crippen LogP contribution in [0.15, 0.2) is 42.9 Å². The molecular weight excluding hydrogens is 518 g/mol. The first kappa shape index (κ1) is 27.2. The molecule has 11 nitrogen and oxygen atoms in total. The number of carbonyl (C=O) groups is 1. The Bertz CT molecular complexity index is 1280. The van der Waals surface area contributed by atoms with Crippen molar-refractivity contribution in [2.75, 3.05) is 69.0 Å². The predicted octanol–water partition coefficient (Wildman–Crippen LogP) is 2.92. The Morgan fingerprint density at radius 2 is 1.92 bits per heavy atom. The fraction of sp³-hybridized carbons (Fsp3) is 0.481. The summed E-state index contributed by atoms with van der Waals surface area (Å²) in [5.74, 6) is 1.90.